The third-order valence-electron chi connectivity index (χ3n) is 4.03. The van der Waals surface area contributed by atoms with Crippen LogP contribution < -0.4 is 28.5 Å². The molecule has 0 fully saturated rings. The van der Waals surface area contributed by atoms with Gasteiger partial charge in [0.1, 0.15) is 6.54 Å². The van der Waals surface area contributed by atoms with Gasteiger partial charge in [0.25, 0.3) is 5.82 Å². The van der Waals surface area contributed by atoms with Crippen LogP contribution in [0.3, 0.4) is 0 Å². The quantitative estimate of drug-likeness (QED) is 0.293. The second kappa shape index (κ2) is 4.63. The fourth-order valence-corrected chi connectivity index (χ4v) is 3.05. The van der Waals surface area contributed by atoms with Crippen molar-refractivity contribution in [2.45, 2.75) is 13.0 Å². The lowest BCUT2D eigenvalue weighted by molar-refractivity contribution is -0.653. The van der Waals surface area contributed by atoms with E-state index >= 15 is 0 Å². The van der Waals surface area contributed by atoms with Crippen molar-refractivity contribution in [3.8, 4) is 0 Å². The van der Waals surface area contributed by atoms with Gasteiger partial charge in [0.15, 0.2) is 11.0 Å². The third-order valence-corrected chi connectivity index (χ3v) is 4.03. The molecule has 96 valence electrons. The lowest BCUT2D eigenvalue weighted by atomic mass is 10.0. The van der Waals surface area contributed by atoms with Gasteiger partial charge < -0.3 is 24.0 Å². The van der Waals surface area contributed by atoms with E-state index in [9.17, 15) is 0 Å². The van der Waals surface area contributed by atoms with Crippen molar-refractivity contribution in [2.24, 2.45) is 7.05 Å². The number of para-hydroxylation sites is 2. The van der Waals surface area contributed by atoms with Gasteiger partial charge in [0.05, 0.1) is 13.5 Å². The number of benzene rings is 2. The Morgan fingerprint density at radius 1 is 0.947 bits per heavy atom. The van der Waals surface area contributed by atoms with E-state index in [1.165, 1.54) is 28.0 Å². The summed E-state index contributed by atoms with van der Waals surface area (Å²) in [5.41, 5.74) is 5.57. The summed E-state index contributed by atoms with van der Waals surface area (Å²) in [7, 11) is 2.17. The number of halogens is 1. The van der Waals surface area contributed by atoms with Crippen molar-refractivity contribution < 1.29 is 28.5 Å². The predicted molar refractivity (Wildman–Crippen MR) is 71.5 cm³/mol. The average molecular weight is 362 g/mol. The van der Waals surface area contributed by atoms with Crippen LogP contribution >= 0.6 is 0 Å². The molecule has 3 aromatic rings. The number of hydrogen-bond donors (Lipinski definition) is 0. The standard InChI is InChI=1S/C16H15N2.HI/c1-17-14-8-4-5-9-15(14)18-11-13-7-3-2-6-12(13)10-16(17)18;/h2-9H,10-11H2,1H3;1H/q+1;/p-1. The van der Waals surface area contributed by atoms with Gasteiger partial charge in [-0.2, -0.15) is 0 Å². The lowest BCUT2D eigenvalue weighted by Gasteiger charge is -2.13. The highest BCUT2D eigenvalue weighted by atomic mass is 127. The number of rotatable bonds is 0. The summed E-state index contributed by atoms with van der Waals surface area (Å²) in [6.07, 6.45) is 1.03. The minimum absolute atomic E-state index is 0. The van der Waals surface area contributed by atoms with E-state index in [2.05, 4.69) is 64.7 Å². The van der Waals surface area contributed by atoms with Crippen molar-refractivity contribution in [3.63, 3.8) is 0 Å². The molecule has 0 radical (unpaired) electrons. The monoisotopic (exact) mass is 362 g/mol. The number of imidazole rings is 1. The maximum atomic E-state index is 2.44. The first-order chi connectivity index (χ1) is 8.84. The van der Waals surface area contributed by atoms with Gasteiger partial charge in [-0.25, -0.2) is 9.13 Å². The second-order valence-electron chi connectivity index (χ2n) is 5.00. The molecule has 1 aliphatic rings. The molecule has 2 nitrogen and oxygen atoms in total. The van der Waals surface area contributed by atoms with E-state index in [0.717, 1.165) is 13.0 Å². The number of hydrogen-bond acceptors (Lipinski definition) is 0. The van der Waals surface area contributed by atoms with E-state index < -0.39 is 0 Å². The van der Waals surface area contributed by atoms with Crippen molar-refractivity contribution in [3.05, 3.63) is 65.5 Å². The van der Waals surface area contributed by atoms with Crippen LogP contribution in [0, 0.1) is 0 Å². The zero-order chi connectivity index (χ0) is 12.1. The zero-order valence-corrected chi connectivity index (χ0v) is 13.0. The normalized spacial score (nSPS) is 12.7. The molecule has 2 aromatic carbocycles. The molecular formula is C16H15IN2. The van der Waals surface area contributed by atoms with E-state index in [1.807, 2.05) is 0 Å². The van der Waals surface area contributed by atoms with Gasteiger partial charge >= 0.3 is 0 Å². The maximum Gasteiger partial charge on any atom is 0.261 e. The molecule has 0 aliphatic carbocycles. The second-order valence-corrected chi connectivity index (χ2v) is 5.00. The number of aryl methyl sites for hydroxylation is 1. The van der Waals surface area contributed by atoms with Crippen molar-refractivity contribution in [2.75, 3.05) is 0 Å². The summed E-state index contributed by atoms with van der Waals surface area (Å²) in [5.74, 6) is 1.40. The SMILES string of the molecule is C[n+]1c2n(c3ccccc31)Cc1ccccc1C2.[I-]. The molecule has 0 N–H and O–H groups in total. The molecular weight excluding hydrogens is 347 g/mol. The molecule has 0 saturated carbocycles. The lowest BCUT2D eigenvalue weighted by Crippen LogP contribution is -3.00. The molecule has 2 heterocycles. The minimum atomic E-state index is 0. The number of aromatic nitrogens is 2. The zero-order valence-electron chi connectivity index (χ0n) is 10.8. The maximum absolute atomic E-state index is 2.44. The molecule has 0 bridgehead atoms. The topological polar surface area (TPSA) is 8.81 Å². The van der Waals surface area contributed by atoms with Gasteiger partial charge in [-0.3, -0.25) is 0 Å². The number of nitrogens with zero attached hydrogens (tertiary/aromatic N) is 2. The van der Waals surface area contributed by atoms with Crippen molar-refractivity contribution >= 4 is 11.0 Å². The molecule has 0 saturated heterocycles. The highest BCUT2D eigenvalue weighted by molar-refractivity contribution is 5.72. The van der Waals surface area contributed by atoms with E-state index in [4.69, 9.17) is 0 Å². The van der Waals surface area contributed by atoms with Crippen LogP contribution in [0.25, 0.3) is 11.0 Å². The summed E-state index contributed by atoms with van der Waals surface area (Å²) in [5, 5.41) is 0. The largest absolute Gasteiger partial charge is 1.00 e. The highest BCUT2D eigenvalue weighted by Crippen LogP contribution is 2.24. The molecule has 0 unspecified atom stereocenters. The van der Waals surface area contributed by atoms with Gasteiger partial charge in [0.2, 0.25) is 0 Å². The van der Waals surface area contributed by atoms with Crippen molar-refractivity contribution in [1.82, 2.24) is 4.57 Å². The predicted octanol–water partition coefficient (Wildman–Crippen LogP) is -0.578. The van der Waals surface area contributed by atoms with Gasteiger partial charge in [0, 0.05) is 0 Å². The average Bonchev–Trinajstić information content (AvgIpc) is 2.71. The van der Waals surface area contributed by atoms with Crippen LogP contribution in [0.5, 0.6) is 0 Å². The van der Waals surface area contributed by atoms with Crippen LogP contribution in [0.2, 0.25) is 0 Å². The molecule has 19 heavy (non-hydrogen) atoms. The Labute approximate surface area is 129 Å². The van der Waals surface area contributed by atoms with Gasteiger partial charge in [-0.1, -0.05) is 36.4 Å². The fourth-order valence-electron chi connectivity index (χ4n) is 3.05. The first kappa shape index (κ1) is 12.7. The van der Waals surface area contributed by atoms with E-state index in [1.54, 1.807) is 0 Å². The Hall–Kier alpha value is -1.36. The molecule has 4 rings (SSSR count). The molecule has 0 amide bonds. The smallest absolute Gasteiger partial charge is 0.261 e. The Morgan fingerprint density at radius 3 is 2.47 bits per heavy atom. The fraction of sp³-hybridized carbons (Fsp3) is 0.188. The molecule has 3 heteroatoms. The van der Waals surface area contributed by atoms with Gasteiger partial charge in [-0.15, -0.1) is 0 Å². The molecule has 1 aliphatic heterocycles. The van der Waals surface area contributed by atoms with E-state index in [-0.39, 0.29) is 24.0 Å². The van der Waals surface area contributed by atoms with Gasteiger partial charge in [-0.05, 0) is 23.3 Å². The molecule has 0 atom stereocenters. The van der Waals surface area contributed by atoms with Crippen molar-refractivity contribution in [1.29, 1.82) is 0 Å². The summed E-state index contributed by atoms with van der Waals surface area (Å²) in [4.78, 5) is 0. The summed E-state index contributed by atoms with van der Waals surface area (Å²) < 4.78 is 4.77. The van der Waals surface area contributed by atoms with Crippen LogP contribution in [0.15, 0.2) is 48.5 Å². The van der Waals surface area contributed by atoms with Crippen LogP contribution in [0.1, 0.15) is 17.0 Å². The summed E-state index contributed by atoms with van der Waals surface area (Å²) in [6.45, 7) is 0.993. The van der Waals surface area contributed by atoms with Crippen LogP contribution in [-0.2, 0) is 20.0 Å². The van der Waals surface area contributed by atoms with Crippen LogP contribution in [-0.4, -0.2) is 4.57 Å². The first-order valence-corrected chi connectivity index (χ1v) is 6.37. The summed E-state index contributed by atoms with van der Waals surface area (Å²) in [6, 6.07) is 17.4. The Kier molecular flexibility index (Phi) is 3.09. The first-order valence-electron chi connectivity index (χ1n) is 6.37. The highest BCUT2D eigenvalue weighted by Gasteiger charge is 2.27. The number of fused-ring (bicyclic) bond motifs is 4. The Morgan fingerprint density at radius 2 is 1.63 bits per heavy atom. The van der Waals surface area contributed by atoms with Crippen LogP contribution in [0.4, 0.5) is 0 Å². The molecule has 1 aromatic heterocycles. The Bertz CT molecular complexity index is 759. The van der Waals surface area contributed by atoms with E-state index in [0.29, 0.717) is 0 Å². The molecule has 0 spiro atoms. The third kappa shape index (κ3) is 1.79. The minimum Gasteiger partial charge on any atom is -1.00 e. The Balaban J connectivity index is 0.00000110. The summed E-state index contributed by atoms with van der Waals surface area (Å²) >= 11 is 0.